The van der Waals surface area contributed by atoms with Crippen molar-refractivity contribution in [2.75, 3.05) is 33.5 Å². The van der Waals surface area contributed by atoms with Crippen molar-refractivity contribution in [3.8, 4) is 5.75 Å². The minimum Gasteiger partial charge on any atom is -0.497 e. The SMILES string of the molecule is CCCNC(c1ccc(OC)cc1)C1COCCO1. The Bertz CT molecular complexity index is 360. The number of hydrogen-bond donors (Lipinski definition) is 1. The van der Waals surface area contributed by atoms with E-state index < -0.39 is 0 Å². The lowest BCUT2D eigenvalue weighted by molar-refractivity contribution is -0.102. The molecular formula is C15H23NO3. The number of nitrogens with one attached hydrogen (secondary N) is 1. The second kappa shape index (κ2) is 7.48. The zero-order valence-corrected chi connectivity index (χ0v) is 11.7. The van der Waals surface area contributed by atoms with Gasteiger partial charge >= 0.3 is 0 Å². The molecule has 0 saturated carbocycles. The Morgan fingerprint density at radius 3 is 2.68 bits per heavy atom. The Labute approximate surface area is 115 Å². The Morgan fingerprint density at radius 2 is 2.11 bits per heavy atom. The predicted octanol–water partition coefficient (Wildman–Crippen LogP) is 2.15. The third-order valence-electron chi connectivity index (χ3n) is 3.30. The Balaban J connectivity index is 2.10. The highest BCUT2D eigenvalue weighted by Gasteiger charge is 2.26. The van der Waals surface area contributed by atoms with Crippen molar-refractivity contribution in [3.63, 3.8) is 0 Å². The van der Waals surface area contributed by atoms with Gasteiger partial charge in [0.1, 0.15) is 11.9 Å². The van der Waals surface area contributed by atoms with Gasteiger partial charge in [0.15, 0.2) is 0 Å². The van der Waals surface area contributed by atoms with Crippen LogP contribution >= 0.6 is 0 Å². The summed E-state index contributed by atoms with van der Waals surface area (Å²) in [5, 5.41) is 3.55. The minimum atomic E-state index is 0.0775. The summed E-state index contributed by atoms with van der Waals surface area (Å²) in [4.78, 5) is 0. The molecule has 0 radical (unpaired) electrons. The monoisotopic (exact) mass is 265 g/mol. The van der Waals surface area contributed by atoms with Gasteiger partial charge in [-0.05, 0) is 30.7 Å². The van der Waals surface area contributed by atoms with Crippen LogP contribution < -0.4 is 10.1 Å². The highest BCUT2D eigenvalue weighted by molar-refractivity contribution is 5.29. The number of rotatable bonds is 6. The normalized spacial score (nSPS) is 21.1. The van der Waals surface area contributed by atoms with Crippen LogP contribution in [-0.2, 0) is 9.47 Å². The molecule has 1 aliphatic heterocycles. The van der Waals surface area contributed by atoms with Crippen LogP contribution in [0.3, 0.4) is 0 Å². The summed E-state index contributed by atoms with van der Waals surface area (Å²) >= 11 is 0. The van der Waals surface area contributed by atoms with Gasteiger partial charge in [-0.15, -0.1) is 0 Å². The summed E-state index contributed by atoms with van der Waals surface area (Å²) in [5.74, 6) is 0.874. The first-order valence-corrected chi connectivity index (χ1v) is 6.92. The van der Waals surface area contributed by atoms with Crippen molar-refractivity contribution >= 4 is 0 Å². The molecule has 0 amide bonds. The van der Waals surface area contributed by atoms with E-state index in [1.165, 1.54) is 5.56 Å². The second-order valence-corrected chi connectivity index (χ2v) is 4.69. The van der Waals surface area contributed by atoms with Crippen molar-refractivity contribution in [3.05, 3.63) is 29.8 Å². The predicted molar refractivity (Wildman–Crippen MR) is 74.6 cm³/mol. The van der Waals surface area contributed by atoms with Gasteiger partial charge in [-0.2, -0.15) is 0 Å². The van der Waals surface area contributed by atoms with E-state index in [2.05, 4.69) is 24.4 Å². The number of hydrogen-bond acceptors (Lipinski definition) is 4. The van der Waals surface area contributed by atoms with Crippen LogP contribution in [0.1, 0.15) is 24.9 Å². The van der Waals surface area contributed by atoms with Crippen LogP contribution in [0.2, 0.25) is 0 Å². The summed E-state index contributed by atoms with van der Waals surface area (Å²) in [6.45, 7) is 5.14. The van der Waals surface area contributed by atoms with Gasteiger partial charge < -0.3 is 19.5 Å². The molecule has 1 aliphatic rings. The van der Waals surface area contributed by atoms with Crippen LogP contribution in [0.25, 0.3) is 0 Å². The molecule has 1 N–H and O–H groups in total. The molecule has 19 heavy (non-hydrogen) atoms. The highest BCUT2D eigenvalue weighted by atomic mass is 16.6. The fourth-order valence-corrected chi connectivity index (χ4v) is 2.27. The van der Waals surface area contributed by atoms with Crippen molar-refractivity contribution in [2.24, 2.45) is 0 Å². The molecule has 1 fully saturated rings. The number of benzene rings is 1. The topological polar surface area (TPSA) is 39.7 Å². The Morgan fingerprint density at radius 1 is 1.32 bits per heavy atom. The third kappa shape index (κ3) is 3.93. The zero-order chi connectivity index (χ0) is 13.5. The van der Waals surface area contributed by atoms with Crippen LogP contribution in [0.5, 0.6) is 5.75 Å². The fraction of sp³-hybridized carbons (Fsp3) is 0.600. The van der Waals surface area contributed by atoms with Gasteiger partial charge in [-0.1, -0.05) is 19.1 Å². The van der Waals surface area contributed by atoms with Crippen LogP contribution in [0.4, 0.5) is 0 Å². The van der Waals surface area contributed by atoms with Crippen LogP contribution in [0.15, 0.2) is 24.3 Å². The summed E-state index contributed by atoms with van der Waals surface area (Å²) in [7, 11) is 1.68. The van der Waals surface area contributed by atoms with Gasteiger partial charge in [0.25, 0.3) is 0 Å². The van der Waals surface area contributed by atoms with Gasteiger partial charge in [0, 0.05) is 0 Å². The molecule has 1 heterocycles. The van der Waals surface area contributed by atoms with Crippen molar-refractivity contribution in [2.45, 2.75) is 25.5 Å². The molecule has 2 unspecified atom stereocenters. The first kappa shape index (κ1) is 14.3. The van der Waals surface area contributed by atoms with E-state index in [0.29, 0.717) is 19.8 Å². The van der Waals surface area contributed by atoms with E-state index in [4.69, 9.17) is 14.2 Å². The Kier molecular flexibility index (Phi) is 5.63. The number of methoxy groups -OCH3 is 1. The van der Waals surface area contributed by atoms with E-state index in [0.717, 1.165) is 18.7 Å². The first-order valence-electron chi connectivity index (χ1n) is 6.92. The van der Waals surface area contributed by atoms with Crippen LogP contribution in [0, 0.1) is 0 Å². The molecule has 0 aromatic heterocycles. The standard InChI is InChI=1S/C15H23NO3/c1-3-8-16-15(14-11-18-9-10-19-14)12-4-6-13(17-2)7-5-12/h4-7,14-16H,3,8-11H2,1-2H3. The summed E-state index contributed by atoms with van der Waals surface area (Å²) in [6, 6.07) is 8.32. The summed E-state index contributed by atoms with van der Waals surface area (Å²) < 4.78 is 16.5. The van der Waals surface area contributed by atoms with Crippen LogP contribution in [-0.4, -0.2) is 39.6 Å². The maximum Gasteiger partial charge on any atom is 0.118 e. The van der Waals surface area contributed by atoms with E-state index in [-0.39, 0.29) is 12.1 Å². The van der Waals surface area contributed by atoms with E-state index in [1.54, 1.807) is 7.11 Å². The molecule has 1 saturated heterocycles. The fourth-order valence-electron chi connectivity index (χ4n) is 2.27. The Hall–Kier alpha value is -1.10. The molecule has 0 aliphatic carbocycles. The van der Waals surface area contributed by atoms with E-state index in [1.807, 2.05) is 12.1 Å². The molecule has 4 heteroatoms. The van der Waals surface area contributed by atoms with Gasteiger partial charge in [-0.25, -0.2) is 0 Å². The van der Waals surface area contributed by atoms with Crippen molar-refractivity contribution in [1.29, 1.82) is 0 Å². The highest BCUT2D eigenvalue weighted by Crippen LogP contribution is 2.23. The van der Waals surface area contributed by atoms with Gasteiger partial charge in [0.05, 0.1) is 33.0 Å². The molecule has 0 bridgehead atoms. The van der Waals surface area contributed by atoms with Crippen molar-refractivity contribution < 1.29 is 14.2 Å². The average molecular weight is 265 g/mol. The van der Waals surface area contributed by atoms with Crippen molar-refractivity contribution in [1.82, 2.24) is 5.32 Å². The second-order valence-electron chi connectivity index (χ2n) is 4.69. The lowest BCUT2D eigenvalue weighted by Gasteiger charge is -2.31. The molecule has 4 nitrogen and oxygen atoms in total. The molecule has 2 atom stereocenters. The van der Waals surface area contributed by atoms with Gasteiger partial charge in [-0.3, -0.25) is 0 Å². The molecule has 2 rings (SSSR count). The molecule has 106 valence electrons. The quantitative estimate of drug-likeness (QED) is 0.855. The molecule has 0 spiro atoms. The van der Waals surface area contributed by atoms with E-state index in [9.17, 15) is 0 Å². The third-order valence-corrected chi connectivity index (χ3v) is 3.30. The maximum atomic E-state index is 5.83. The lowest BCUT2D eigenvalue weighted by atomic mass is 10.0. The first-order chi connectivity index (χ1) is 9.35. The smallest absolute Gasteiger partial charge is 0.118 e. The molecular weight excluding hydrogens is 242 g/mol. The minimum absolute atomic E-state index is 0.0775. The molecule has 1 aromatic carbocycles. The average Bonchev–Trinajstić information content (AvgIpc) is 2.49. The van der Waals surface area contributed by atoms with E-state index >= 15 is 0 Å². The maximum absolute atomic E-state index is 5.83. The zero-order valence-electron chi connectivity index (χ0n) is 11.7. The largest absolute Gasteiger partial charge is 0.497 e. The molecule has 1 aromatic rings. The number of ether oxygens (including phenoxy) is 3. The van der Waals surface area contributed by atoms with Gasteiger partial charge in [0.2, 0.25) is 0 Å². The lowest BCUT2D eigenvalue weighted by Crippen LogP contribution is -2.40. The summed E-state index contributed by atoms with van der Waals surface area (Å²) in [6.07, 6.45) is 1.17. The summed E-state index contributed by atoms with van der Waals surface area (Å²) in [5.41, 5.74) is 1.21.